The monoisotopic (exact) mass is 252 g/mol. The van der Waals surface area contributed by atoms with E-state index in [1.54, 1.807) is 0 Å². The zero-order chi connectivity index (χ0) is 12.8. The Morgan fingerprint density at radius 2 is 1.39 bits per heavy atom. The van der Waals surface area contributed by atoms with Crippen LogP contribution in [0, 0.1) is 17.8 Å². The molecule has 3 unspecified atom stereocenters. The van der Waals surface area contributed by atoms with Crippen LogP contribution in [-0.2, 0) is 0 Å². The average molecular weight is 252 g/mol. The largest absolute Gasteiger partial charge is 0.393 e. The highest BCUT2D eigenvalue weighted by molar-refractivity contribution is 4.84. The summed E-state index contributed by atoms with van der Waals surface area (Å²) in [5.41, 5.74) is 0. The molecule has 18 heavy (non-hydrogen) atoms. The molecular formula is C17H32O. The lowest BCUT2D eigenvalue weighted by Gasteiger charge is -2.38. The average Bonchev–Trinajstić information content (AvgIpc) is 2.37. The van der Waals surface area contributed by atoms with E-state index >= 15 is 0 Å². The number of aliphatic hydroxyl groups excluding tert-OH is 1. The Kier molecular flexibility index (Phi) is 6.01. The second-order valence-electron chi connectivity index (χ2n) is 6.71. The fraction of sp³-hybridized carbons (Fsp3) is 1.00. The van der Waals surface area contributed by atoms with Gasteiger partial charge in [0.05, 0.1) is 6.10 Å². The molecule has 0 amide bonds. The van der Waals surface area contributed by atoms with Gasteiger partial charge in [0.25, 0.3) is 0 Å². The molecule has 0 aromatic carbocycles. The van der Waals surface area contributed by atoms with Gasteiger partial charge in [-0.15, -0.1) is 0 Å². The Hall–Kier alpha value is -0.0400. The molecule has 0 heterocycles. The van der Waals surface area contributed by atoms with Crippen molar-refractivity contribution >= 4 is 0 Å². The Morgan fingerprint density at radius 1 is 0.833 bits per heavy atom. The van der Waals surface area contributed by atoms with Crippen molar-refractivity contribution in [3.05, 3.63) is 0 Å². The summed E-state index contributed by atoms with van der Waals surface area (Å²) in [7, 11) is 0. The Labute approximate surface area is 113 Å². The number of rotatable bonds is 3. The van der Waals surface area contributed by atoms with Gasteiger partial charge < -0.3 is 5.11 Å². The quantitative estimate of drug-likeness (QED) is 0.755. The van der Waals surface area contributed by atoms with Crippen molar-refractivity contribution < 1.29 is 5.11 Å². The van der Waals surface area contributed by atoms with Gasteiger partial charge >= 0.3 is 0 Å². The normalized spacial score (nSPS) is 33.7. The molecule has 2 saturated carbocycles. The van der Waals surface area contributed by atoms with Crippen molar-refractivity contribution in [1.29, 1.82) is 0 Å². The highest BCUT2D eigenvalue weighted by atomic mass is 16.3. The van der Waals surface area contributed by atoms with E-state index in [2.05, 4.69) is 6.92 Å². The first-order valence-electron chi connectivity index (χ1n) is 8.51. The highest BCUT2D eigenvalue weighted by Crippen LogP contribution is 2.39. The van der Waals surface area contributed by atoms with Crippen LogP contribution in [0.15, 0.2) is 0 Å². The van der Waals surface area contributed by atoms with Crippen LogP contribution in [-0.4, -0.2) is 11.2 Å². The zero-order valence-electron chi connectivity index (χ0n) is 12.2. The predicted octanol–water partition coefficient (Wildman–Crippen LogP) is 4.92. The summed E-state index contributed by atoms with van der Waals surface area (Å²) in [6.07, 6.45) is 16.2. The maximum atomic E-state index is 10.8. The second kappa shape index (κ2) is 7.53. The lowest BCUT2D eigenvalue weighted by atomic mass is 9.70. The molecule has 0 aromatic rings. The molecule has 1 N–H and O–H groups in total. The van der Waals surface area contributed by atoms with Crippen LogP contribution in [0.5, 0.6) is 0 Å². The van der Waals surface area contributed by atoms with Gasteiger partial charge in [-0.3, -0.25) is 0 Å². The van der Waals surface area contributed by atoms with Crippen LogP contribution in [0.3, 0.4) is 0 Å². The summed E-state index contributed by atoms with van der Waals surface area (Å²) >= 11 is 0. The number of hydrogen-bond acceptors (Lipinski definition) is 1. The molecule has 3 atom stereocenters. The Bertz CT molecular complexity index is 218. The molecule has 0 saturated heterocycles. The summed E-state index contributed by atoms with van der Waals surface area (Å²) in [6, 6.07) is 0. The Balaban J connectivity index is 1.92. The zero-order valence-corrected chi connectivity index (χ0v) is 12.2. The fourth-order valence-electron chi connectivity index (χ4n) is 4.37. The van der Waals surface area contributed by atoms with Gasteiger partial charge in [0, 0.05) is 0 Å². The van der Waals surface area contributed by atoms with Crippen molar-refractivity contribution in [3.8, 4) is 0 Å². The van der Waals surface area contributed by atoms with Gasteiger partial charge in [-0.2, -0.15) is 0 Å². The van der Waals surface area contributed by atoms with E-state index in [0.717, 1.165) is 5.92 Å². The lowest BCUT2D eigenvalue weighted by molar-refractivity contribution is -0.00479. The van der Waals surface area contributed by atoms with Gasteiger partial charge in [0.15, 0.2) is 0 Å². The molecule has 0 spiro atoms. The molecule has 2 aliphatic carbocycles. The van der Waals surface area contributed by atoms with Crippen LogP contribution >= 0.6 is 0 Å². The topological polar surface area (TPSA) is 20.2 Å². The molecule has 0 radical (unpaired) electrons. The third-order valence-electron chi connectivity index (χ3n) is 5.56. The van der Waals surface area contributed by atoms with E-state index in [1.165, 1.54) is 77.0 Å². The highest BCUT2D eigenvalue weighted by Gasteiger charge is 2.33. The van der Waals surface area contributed by atoms with E-state index in [1.807, 2.05) is 0 Å². The third-order valence-corrected chi connectivity index (χ3v) is 5.56. The van der Waals surface area contributed by atoms with E-state index in [4.69, 9.17) is 0 Å². The minimum absolute atomic E-state index is 0.00773. The molecule has 0 bridgehead atoms. The van der Waals surface area contributed by atoms with Gasteiger partial charge in [0.2, 0.25) is 0 Å². The first-order chi connectivity index (χ1) is 8.83. The molecule has 0 aromatic heterocycles. The van der Waals surface area contributed by atoms with Crippen LogP contribution in [0.2, 0.25) is 0 Å². The van der Waals surface area contributed by atoms with Crippen LogP contribution in [0.1, 0.15) is 84.0 Å². The summed E-state index contributed by atoms with van der Waals surface area (Å²) in [4.78, 5) is 0. The van der Waals surface area contributed by atoms with Crippen molar-refractivity contribution in [2.24, 2.45) is 17.8 Å². The maximum absolute atomic E-state index is 10.8. The summed E-state index contributed by atoms with van der Waals surface area (Å²) in [5.74, 6) is 2.04. The van der Waals surface area contributed by atoms with Gasteiger partial charge in [-0.05, 0) is 37.0 Å². The summed E-state index contributed by atoms with van der Waals surface area (Å²) < 4.78 is 0. The van der Waals surface area contributed by atoms with E-state index < -0.39 is 0 Å². The third kappa shape index (κ3) is 3.73. The lowest BCUT2D eigenvalue weighted by Crippen LogP contribution is -2.36. The van der Waals surface area contributed by atoms with E-state index in [0.29, 0.717) is 11.8 Å². The Morgan fingerprint density at radius 3 is 2.06 bits per heavy atom. The standard InChI is InChI=1S/C17H32O/c1-2-14-10-8-9-13-16(14)17(18)15-11-6-4-3-5-7-12-15/h14-18H,2-13H2,1H3. The van der Waals surface area contributed by atoms with Gasteiger partial charge in [-0.25, -0.2) is 0 Å². The van der Waals surface area contributed by atoms with Crippen molar-refractivity contribution in [2.75, 3.05) is 0 Å². The van der Waals surface area contributed by atoms with E-state index in [9.17, 15) is 5.11 Å². The summed E-state index contributed by atoms with van der Waals surface area (Å²) in [5, 5.41) is 10.8. The summed E-state index contributed by atoms with van der Waals surface area (Å²) in [6.45, 7) is 2.31. The van der Waals surface area contributed by atoms with Crippen LogP contribution < -0.4 is 0 Å². The first kappa shape index (κ1) is 14.4. The fourth-order valence-corrected chi connectivity index (χ4v) is 4.37. The maximum Gasteiger partial charge on any atom is 0.0599 e. The molecule has 1 heteroatoms. The molecule has 0 aliphatic heterocycles. The van der Waals surface area contributed by atoms with Crippen molar-refractivity contribution in [2.45, 2.75) is 90.1 Å². The molecule has 2 rings (SSSR count). The second-order valence-corrected chi connectivity index (χ2v) is 6.71. The SMILES string of the molecule is CCC1CCCCC1C(O)C1CCCCCCC1. The molecular weight excluding hydrogens is 220 g/mol. The predicted molar refractivity (Wildman–Crippen MR) is 77.6 cm³/mol. The number of aliphatic hydroxyl groups is 1. The first-order valence-corrected chi connectivity index (χ1v) is 8.51. The smallest absolute Gasteiger partial charge is 0.0599 e. The van der Waals surface area contributed by atoms with Crippen LogP contribution in [0.4, 0.5) is 0 Å². The van der Waals surface area contributed by atoms with Crippen molar-refractivity contribution in [3.63, 3.8) is 0 Å². The van der Waals surface area contributed by atoms with E-state index in [-0.39, 0.29) is 6.10 Å². The van der Waals surface area contributed by atoms with Crippen LogP contribution in [0.25, 0.3) is 0 Å². The van der Waals surface area contributed by atoms with Gasteiger partial charge in [-0.1, -0.05) is 64.7 Å². The minimum Gasteiger partial charge on any atom is -0.393 e. The molecule has 2 aliphatic rings. The minimum atomic E-state index is 0.00773. The number of hydrogen-bond donors (Lipinski definition) is 1. The molecule has 1 nitrogen and oxygen atoms in total. The molecule has 2 fully saturated rings. The molecule has 106 valence electrons. The van der Waals surface area contributed by atoms with Crippen molar-refractivity contribution in [1.82, 2.24) is 0 Å². The van der Waals surface area contributed by atoms with Gasteiger partial charge in [0.1, 0.15) is 0 Å².